The molecule has 1 aromatic carbocycles. The standard InChI is InChI=1S/C18H15N5OS/c1-12-15(9-13-5-3-2-4-6-13)20-18(25-12)21-17(24)14-7-8-16-22-19-11-23(16)10-14/h2-8,10-11H,9H2,1H3,(H,20,21,24). The van der Waals surface area contributed by atoms with Crippen LogP contribution in [0.3, 0.4) is 0 Å². The quantitative estimate of drug-likeness (QED) is 0.613. The number of pyridine rings is 1. The lowest BCUT2D eigenvalue weighted by atomic mass is 10.1. The van der Waals surface area contributed by atoms with Gasteiger partial charge in [-0.2, -0.15) is 0 Å². The van der Waals surface area contributed by atoms with Gasteiger partial charge in [0.05, 0.1) is 11.3 Å². The number of anilines is 1. The molecule has 0 aliphatic rings. The Labute approximate surface area is 148 Å². The lowest BCUT2D eigenvalue weighted by molar-refractivity contribution is 0.102. The highest BCUT2D eigenvalue weighted by atomic mass is 32.1. The Morgan fingerprint density at radius 2 is 2.04 bits per heavy atom. The molecule has 0 saturated heterocycles. The maximum Gasteiger partial charge on any atom is 0.258 e. The van der Waals surface area contributed by atoms with E-state index in [4.69, 9.17) is 0 Å². The Morgan fingerprint density at radius 3 is 2.88 bits per heavy atom. The van der Waals surface area contributed by atoms with Gasteiger partial charge in [-0.15, -0.1) is 21.5 Å². The zero-order valence-electron chi connectivity index (χ0n) is 13.5. The number of rotatable bonds is 4. The van der Waals surface area contributed by atoms with Crippen LogP contribution in [0.4, 0.5) is 5.13 Å². The third kappa shape index (κ3) is 3.27. The smallest absolute Gasteiger partial charge is 0.258 e. The van der Waals surface area contributed by atoms with Crippen molar-refractivity contribution in [3.05, 3.63) is 76.7 Å². The van der Waals surface area contributed by atoms with Crippen LogP contribution >= 0.6 is 11.3 Å². The Kier molecular flexibility index (Phi) is 3.99. The molecule has 0 aliphatic carbocycles. The number of hydrogen-bond acceptors (Lipinski definition) is 5. The highest BCUT2D eigenvalue weighted by Crippen LogP contribution is 2.24. The molecule has 0 aliphatic heterocycles. The molecule has 0 atom stereocenters. The van der Waals surface area contributed by atoms with Crippen LogP contribution in [0.1, 0.15) is 26.5 Å². The minimum absolute atomic E-state index is 0.199. The molecule has 3 aromatic heterocycles. The molecule has 0 unspecified atom stereocenters. The molecule has 1 N–H and O–H groups in total. The topological polar surface area (TPSA) is 72.2 Å². The number of thiazole rings is 1. The maximum atomic E-state index is 12.5. The summed E-state index contributed by atoms with van der Waals surface area (Å²) in [7, 11) is 0. The number of aromatic nitrogens is 4. The SMILES string of the molecule is Cc1sc(NC(=O)c2ccc3nncn3c2)nc1Cc1ccccc1. The molecule has 6 nitrogen and oxygen atoms in total. The maximum absolute atomic E-state index is 12.5. The number of nitrogens with zero attached hydrogens (tertiary/aromatic N) is 4. The second kappa shape index (κ2) is 6.45. The van der Waals surface area contributed by atoms with Crippen molar-refractivity contribution in [1.82, 2.24) is 19.6 Å². The molecule has 25 heavy (non-hydrogen) atoms. The Bertz CT molecular complexity index is 1040. The van der Waals surface area contributed by atoms with Crippen molar-refractivity contribution >= 4 is 28.0 Å². The van der Waals surface area contributed by atoms with Crippen LogP contribution in [-0.2, 0) is 6.42 Å². The monoisotopic (exact) mass is 349 g/mol. The Hall–Kier alpha value is -3.06. The minimum atomic E-state index is -0.199. The van der Waals surface area contributed by atoms with E-state index in [1.54, 1.807) is 29.1 Å². The number of aryl methyl sites for hydroxylation is 1. The molecular formula is C18H15N5OS. The van der Waals surface area contributed by atoms with Crippen LogP contribution in [0.5, 0.6) is 0 Å². The summed E-state index contributed by atoms with van der Waals surface area (Å²) in [5, 5.41) is 11.2. The average Bonchev–Trinajstić information content (AvgIpc) is 3.22. The first-order chi connectivity index (χ1) is 12.2. The molecule has 0 bridgehead atoms. The van der Waals surface area contributed by atoms with Gasteiger partial charge in [0.2, 0.25) is 0 Å². The van der Waals surface area contributed by atoms with Crippen molar-refractivity contribution in [3.63, 3.8) is 0 Å². The molecule has 0 spiro atoms. The first-order valence-corrected chi connectivity index (χ1v) is 8.62. The van der Waals surface area contributed by atoms with E-state index in [1.165, 1.54) is 16.9 Å². The summed E-state index contributed by atoms with van der Waals surface area (Å²) in [5.41, 5.74) is 3.42. The molecule has 1 amide bonds. The molecule has 4 rings (SSSR count). The number of amides is 1. The molecule has 0 saturated carbocycles. The van der Waals surface area contributed by atoms with Crippen molar-refractivity contribution in [3.8, 4) is 0 Å². The van der Waals surface area contributed by atoms with Crippen molar-refractivity contribution in [1.29, 1.82) is 0 Å². The van der Waals surface area contributed by atoms with Gasteiger partial charge in [0.15, 0.2) is 10.8 Å². The summed E-state index contributed by atoms with van der Waals surface area (Å²) in [6, 6.07) is 13.7. The van der Waals surface area contributed by atoms with E-state index in [0.717, 1.165) is 17.0 Å². The van der Waals surface area contributed by atoms with Gasteiger partial charge in [-0.1, -0.05) is 30.3 Å². The van der Waals surface area contributed by atoms with E-state index >= 15 is 0 Å². The summed E-state index contributed by atoms with van der Waals surface area (Å²) in [5.74, 6) is -0.199. The number of carbonyl (C=O) groups excluding carboxylic acids is 1. The van der Waals surface area contributed by atoms with Crippen LogP contribution in [0.15, 0.2) is 55.0 Å². The fraction of sp³-hybridized carbons (Fsp3) is 0.111. The van der Waals surface area contributed by atoms with Crippen molar-refractivity contribution in [2.24, 2.45) is 0 Å². The van der Waals surface area contributed by atoms with Crippen molar-refractivity contribution < 1.29 is 4.79 Å². The average molecular weight is 349 g/mol. The van der Waals surface area contributed by atoms with Gasteiger partial charge >= 0.3 is 0 Å². The minimum Gasteiger partial charge on any atom is -0.298 e. The zero-order valence-corrected chi connectivity index (χ0v) is 14.3. The molecular weight excluding hydrogens is 334 g/mol. The van der Waals surface area contributed by atoms with Crippen LogP contribution in [0.2, 0.25) is 0 Å². The van der Waals surface area contributed by atoms with Gasteiger partial charge < -0.3 is 0 Å². The summed E-state index contributed by atoms with van der Waals surface area (Å²) in [6.07, 6.45) is 4.03. The van der Waals surface area contributed by atoms with Gasteiger partial charge in [0.1, 0.15) is 6.33 Å². The summed E-state index contributed by atoms with van der Waals surface area (Å²) >= 11 is 1.49. The predicted octanol–water partition coefficient (Wildman–Crippen LogP) is 3.34. The highest BCUT2D eigenvalue weighted by Gasteiger charge is 2.13. The second-order valence-electron chi connectivity index (χ2n) is 5.65. The number of nitrogens with one attached hydrogen (secondary N) is 1. The fourth-order valence-electron chi connectivity index (χ4n) is 2.57. The van der Waals surface area contributed by atoms with Crippen LogP contribution in [-0.4, -0.2) is 25.5 Å². The van der Waals surface area contributed by atoms with Crippen molar-refractivity contribution in [2.75, 3.05) is 5.32 Å². The van der Waals surface area contributed by atoms with E-state index < -0.39 is 0 Å². The predicted molar refractivity (Wildman–Crippen MR) is 97.0 cm³/mol. The van der Waals surface area contributed by atoms with Crippen molar-refractivity contribution in [2.45, 2.75) is 13.3 Å². The molecule has 3 heterocycles. The van der Waals surface area contributed by atoms with E-state index in [1.807, 2.05) is 25.1 Å². The highest BCUT2D eigenvalue weighted by molar-refractivity contribution is 7.15. The first-order valence-electron chi connectivity index (χ1n) is 7.80. The molecule has 0 fully saturated rings. The summed E-state index contributed by atoms with van der Waals surface area (Å²) in [6.45, 7) is 2.02. The third-order valence-corrected chi connectivity index (χ3v) is 4.81. The van der Waals surface area contributed by atoms with Gasteiger partial charge in [-0.25, -0.2) is 4.98 Å². The van der Waals surface area contributed by atoms with E-state index in [-0.39, 0.29) is 5.91 Å². The fourth-order valence-corrected chi connectivity index (χ4v) is 3.39. The molecule has 4 aromatic rings. The van der Waals surface area contributed by atoms with Gasteiger partial charge in [0, 0.05) is 17.5 Å². The molecule has 124 valence electrons. The van der Waals surface area contributed by atoms with Crippen LogP contribution < -0.4 is 5.32 Å². The van der Waals surface area contributed by atoms with Gasteiger partial charge in [-0.05, 0) is 24.6 Å². The number of carbonyl (C=O) groups is 1. The van der Waals surface area contributed by atoms with Crippen LogP contribution in [0, 0.1) is 6.92 Å². The lowest BCUT2D eigenvalue weighted by Crippen LogP contribution is -2.12. The van der Waals surface area contributed by atoms with E-state index in [0.29, 0.717) is 16.3 Å². The van der Waals surface area contributed by atoms with E-state index in [9.17, 15) is 4.79 Å². The Morgan fingerprint density at radius 1 is 1.20 bits per heavy atom. The largest absolute Gasteiger partial charge is 0.298 e. The third-order valence-electron chi connectivity index (χ3n) is 3.88. The number of hydrogen-bond donors (Lipinski definition) is 1. The second-order valence-corrected chi connectivity index (χ2v) is 6.86. The van der Waals surface area contributed by atoms with Gasteiger partial charge in [-0.3, -0.25) is 14.5 Å². The normalized spacial score (nSPS) is 10.9. The van der Waals surface area contributed by atoms with Gasteiger partial charge in [0.25, 0.3) is 5.91 Å². The van der Waals surface area contributed by atoms with E-state index in [2.05, 4.69) is 32.6 Å². The first kappa shape index (κ1) is 15.5. The van der Waals surface area contributed by atoms with Crippen LogP contribution in [0.25, 0.3) is 5.65 Å². The number of benzene rings is 1. The lowest BCUT2D eigenvalue weighted by Gasteiger charge is -2.02. The summed E-state index contributed by atoms with van der Waals surface area (Å²) in [4.78, 5) is 18.1. The molecule has 7 heteroatoms. The molecule has 0 radical (unpaired) electrons. The number of fused-ring (bicyclic) bond motifs is 1. The Balaban J connectivity index is 1.52. The zero-order chi connectivity index (χ0) is 17.2. The summed E-state index contributed by atoms with van der Waals surface area (Å²) < 4.78 is 1.71.